The average molecular weight is 464 g/mol. The van der Waals surface area contributed by atoms with Crippen LogP contribution in [0.4, 0.5) is 0 Å². The number of aromatic nitrogens is 4. The molecule has 0 bridgehead atoms. The third-order valence-corrected chi connectivity index (χ3v) is 7.61. The van der Waals surface area contributed by atoms with E-state index in [2.05, 4.69) is 41.3 Å². The van der Waals surface area contributed by atoms with Crippen LogP contribution in [0, 0.1) is 27.7 Å². The normalized spacial score (nSPS) is 15.0. The molecule has 0 saturated carbocycles. The van der Waals surface area contributed by atoms with Gasteiger partial charge in [-0.05, 0) is 57.0 Å². The minimum atomic E-state index is -3.65. The summed E-state index contributed by atoms with van der Waals surface area (Å²) in [5, 5.41) is 13.1. The van der Waals surface area contributed by atoms with Crippen molar-refractivity contribution in [1.29, 1.82) is 0 Å². The quantitative estimate of drug-likeness (QED) is 0.590. The highest BCUT2D eigenvalue weighted by Gasteiger charge is 2.32. The van der Waals surface area contributed by atoms with Gasteiger partial charge in [-0.15, -0.1) is 22.6 Å². The van der Waals surface area contributed by atoms with Crippen LogP contribution < -0.4 is 0 Å². The van der Waals surface area contributed by atoms with Gasteiger partial charge < -0.3 is 4.74 Å². The number of halogens is 1. The Bertz CT molecular complexity index is 1190. The number of hydrogen-bond donors (Lipinski definition) is 0. The van der Waals surface area contributed by atoms with E-state index >= 15 is 0 Å². The highest BCUT2D eigenvalue weighted by Crippen LogP contribution is 2.26. The molecule has 10 heteroatoms. The smallest absolute Gasteiger partial charge is 0.246 e. The van der Waals surface area contributed by atoms with E-state index in [0.717, 1.165) is 11.3 Å². The van der Waals surface area contributed by atoms with Gasteiger partial charge in [-0.2, -0.15) is 9.40 Å². The van der Waals surface area contributed by atoms with Gasteiger partial charge in [0.2, 0.25) is 10.0 Å². The summed E-state index contributed by atoms with van der Waals surface area (Å²) in [6, 6.07) is 9.84. The van der Waals surface area contributed by atoms with Crippen LogP contribution in [0.5, 0.6) is 0 Å². The van der Waals surface area contributed by atoms with Crippen LogP contribution in [0.15, 0.2) is 35.2 Å². The Balaban J connectivity index is 0.00000272. The molecular weight excluding hydrogens is 438 g/mol. The molecule has 1 aliphatic rings. The fourth-order valence-electron chi connectivity index (χ4n) is 3.63. The molecule has 0 spiro atoms. The van der Waals surface area contributed by atoms with Crippen LogP contribution in [0.25, 0.3) is 17.1 Å². The van der Waals surface area contributed by atoms with Gasteiger partial charge in [0.1, 0.15) is 4.90 Å². The standard InChI is InChI=1S/C21H25N5O3S.ClH/c1-14-5-6-18(13-15(14)2)19-7-8-20(23-22-19)26-17(4)21(16(3)24-26)30(27,28)25-9-11-29-12-10-25;/h5-8,13H,9-12H2,1-4H3;1H. The van der Waals surface area contributed by atoms with Crippen molar-refractivity contribution in [3.05, 3.63) is 52.8 Å². The first kappa shape index (κ1) is 23.3. The van der Waals surface area contributed by atoms with Crippen molar-refractivity contribution in [3.63, 3.8) is 0 Å². The molecule has 1 aromatic carbocycles. The van der Waals surface area contributed by atoms with Crippen molar-refractivity contribution >= 4 is 22.4 Å². The molecule has 8 nitrogen and oxygen atoms in total. The lowest BCUT2D eigenvalue weighted by atomic mass is 10.0. The topological polar surface area (TPSA) is 90.2 Å². The third-order valence-electron chi connectivity index (χ3n) is 5.46. The van der Waals surface area contributed by atoms with Crippen molar-refractivity contribution in [2.45, 2.75) is 32.6 Å². The van der Waals surface area contributed by atoms with E-state index in [1.807, 2.05) is 18.2 Å². The Hall–Kier alpha value is -2.33. The largest absolute Gasteiger partial charge is 0.379 e. The molecule has 1 fully saturated rings. The van der Waals surface area contributed by atoms with Crippen LogP contribution in [0.1, 0.15) is 22.5 Å². The lowest BCUT2D eigenvalue weighted by Gasteiger charge is -2.26. The van der Waals surface area contributed by atoms with E-state index < -0.39 is 10.0 Å². The predicted octanol–water partition coefficient (Wildman–Crippen LogP) is 3.01. The molecule has 2 aromatic heterocycles. The summed E-state index contributed by atoms with van der Waals surface area (Å²) in [6.45, 7) is 9.06. The number of nitrogens with zero attached hydrogens (tertiary/aromatic N) is 5. The average Bonchev–Trinajstić information content (AvgIpc) is 3.05. The molecule has 1 aliphatic heterocycles. The minimum Gasteiger partial charge on any atom is -0.379 e. The highest BCUT2D eigenvalue weighted by molar-refractivity contribution is 7.89. The van der Waals surface area contributed by atoms with E-state index in [1.165, 1.54) is 15.4 Å². The Morgan fingerprint density at radius 2 is 1.65 bits per heavy atom. The van der Waals surface area contributed by atoms with Gasteiger partial charge in [0.25, 0.3) is 0 Å². The molecule has 0 unspecified atom stereocenters. The zero-order valence-electron chi connectivity index (χ0n) is 18.0. The number of sulfonamides is 1. The van der Waals surface area contributed by atoms with E-state index in [-0.39, 0.29) is 17.3 Å². The molecule has 4 rings (SSSR count). The molecular formula is C21H26ClN5O3S. The molecule has 0 aliphatic carbocycles. The molecule has 3 heterocycles. The van der Waals surface area contributed by atoms with Gasteiger partial charge in [-0.25, -0.2) is 13.1 Å². The third kappa shape index (κ3) is 4.36. The van der Waals surface area contributed by atoms with Crippen LogP contribution in [0.3, 0.4) is 0 Å². The van der Waals surface area contributed by atoms with Crippen molar-refractivity contribution in [3.8, 4) is 17.1 Å². The zero-order valence-corrected chi connectivity index (χ0v) is 19.6. The van der Waals surface area contributed by atoms with Crippen LogP contribution in [-0.4, -0.2) is 59.0 Å². The molecule has 31 heavy (non-hydrogen) atoms. The number of aryl methyl sites for hydroxylation is 3. The molecule has 3 aromatic rings. The van der Waals surface area contributed by atoms with Gasteiger partial charge >= 0.3 is 0 Å². The summed E-state index contributed by atoms with van der Waals surface area (Å²) >= 11 is 0. The first-order valence-electron chi connectivity index (χ1n) is 9.85. The Labute approximate surface area is 188 Å². The maximum absolute atomic E-state index is 13.2. The van der Waals surface area contributed by atoms with Gasteiger partial charge in [0.15, 0.2) is 5.82 Å². The van der Waals surface area contributed by atoms with Crippen molar-refractivity contribution < 1.29 is 13.2 Å². The lowest BCUT2D eigenvalue weighted by Crippen LogP contribution is -2.41. The van der Waals surface area contributed by atoms with Crippen LogP contribution in [-0.2, 0) is 14.8 Å². The summed E-state index contributed by atoms with van der Waals surface area (Å²) < 4.78 is 34.6. The fourth-order valence-corrected chi connectivity index (χ4v) is 5.40. The second kappa shape index (κ2) is 9.04. The van der Waals surface area contributed by atoms with Gasteiger partial charge in [0, 0.05) is 18.7 Å². The first-order valence-corrected chi connectivity index (χ1v) is 11.3. The molecule has 0 N–H and O–H groups in total. The Kier molecular flexibility index (Phi) is 6.80. The van der Waals surface area contributed by atoms with Gasteiger partial charge in [-0.1, -0.05) is 12.1 Å². The van der Waals surface area contributed by atoms with E-state index in [1.54, 1.807) is 18.5 Å². The SMILES string of the molecule is Cc1ccc(-c2ccc(-n3nc(C)c(S(=O)(=O)N4CCOCC4)c3C)nn2)cc1C.Cl. The van der Waals surface area contributed by atoms with Crippen molar-refractivity contribution in [2.75, 3.05) is 26.3 Å². The summed E-state index contributed by atoms with van der Waals surface area (Å²) in [4.78, 5) is 0.226. The fraction of sp³-hybridized carbons (Fsp3) is 0.381. The number of ether oxygens (including phenoxy) is 1. The molecule has 0 atom stereocenters. The van der Waals surface area contributed by atoms with E-state index in [0.29, 0.717) is 43.5 Å². The zero-order chi connectivity index (χ0) is 21.5. The molecule has 1 saturated heterocycles. The summed E-state index contributed by atoms with van der Waals surface area (Å²) in [5.41, 5.74) is 5.12. The molecule has 0 radical (unpaired) electrons. The maximum Gasteiger partial charge on any atom is 0.246 e. The van der Waals surface area contributed by atoms with E-state index in [9.17, 15) is 8.42 Å². The highest BCUT2D eigenvalue weighted by atomic mass is 35.5. The lowest BCUT2D eigenvalue weighted by molar-refractivity contribution is 0.0730. The number of rotatable bonds is 4. The van der Waals surface area contributed by atoms with E-state index in [4.69, 9.17) is 4.74 Å². The molecule has 166 valence electrons. The second-order valence-corrected chi connectivity index (χ2v) is 9.38. The Morgan fingerprint density at radius 3 is 2.26 bits per heavy atom. The summed E-state index contributed by atoms with van der Waals surface area (Å²) in [5.74, 6) is 0.478. The number of benzene rings is 1. The number of hydrogen-bond acceptors (Lipinski definition) is 6. The van der Waals surface area contributed by atoms with Gasteiger partial charge in [0.05, 0.1) is 30.3 Å². The van der Waals surface area contributed by atoms with Crippen LogP contribution >= 0.6 is 12.4 Å². The maximum atomic E-state index is 13.2. The molecule has 0 amide bonds. The summed E-state index contributed by atoms with van der Waals surface area (Å²) in [7, 11) is -3.65. The first-order chi connectivity index (χ1) is 14.3. The van der Waals surface area contributed by atoms with Crippen LogP contribution in [0.2, 0.25) is 0 Å². The van der Waals surface area contributed by atoms with Crippen molar-refractivity contribution in [2.24, 2.45) is 0 Å². The second-order valence-electron chi connectivity index (χ2n) is 7.50. The predicted molar refractivity (Wildman–Crippen MR) is 120 cm³/mol. The van der Waals surface area contributed by atoms with Gasteiger partial charge in [-0.3, -0.25) is 0 Å². The van der Waals surface area contributed by atoms with Crippen molar-refractivity contribution in [1.82, 2.24) is 24.3 Å². The number of morpholine rings is 1. The minimum absolute atomic E-state index is 0. The Morgan fingerprint density at radius 1 is 0.935 bits per heavy atom. The summed E-state index contributed by atoms with van der Waals surface area (Å²) in [6.07, 6.45) is 0. The monoisotopic (exact) mass is 463 g/mol.